The van der Waals surface area contributed by atoms with Gasteiger partial charge in [0.2, 0.25) is 0 Å². The highest BCUT2D eigenvalue weighted by molar-refractivity contribution is 7.51. The molecule has 3 atom stereocenters. The van der Waals surface area contributed by atoms with E-state index in [1.54, 1.807) is 0 Å². The fourth-order valence-corrected chi connectivity index (χ4v) is 4.25. The molecule has 0 aliphatic carbocycles. The first-order valence-electron chi connectivity index (χ1n) is 5.85. The predicted octanol–water partition coefficient (Wildman–Crippen LogP) is 3.42. The van der Waals surface area contributed by atoms with Crippen LogP contribution in [0, 0.1) is 0 Å². The maximum absolute atomic E-state index is 6.22. The highest BCUT2D eigenvalue weighted by Gasteiger charge is 2.39. The van der Waals surface area contributed by atoms with Crippen molar-refractivity contribution < 1.29 is 4.52 Å². The van der Waals surface area contributed by atoms with E-state index in [0.29, 0.717) is 11.7 Å². The molecular formula is C13H20BNOP. The zero-order valence-electron chi connectivity index (χ0n) is 11.0. The second kappa shape index (κ2) is 5.99. The van der Waals surface area contributed by atoms with Gasteiger partial charge < -0.3 is 4.52 Å². The van der Waals surface area contributed by atoms with E-state index in [-0.39, 0.29) is 14.5 Å². The average molecular weight is 248 g/mol. The van der Waals surface area contributed by atoms with E-state index in [9.17, 15) is 0 Å². The lowest BCUT2D eigenvalue weighted by molar-refractivity contribution is 0.217. The number of hydrogen-bond acceptors (Lipinski definition) is 2. The van der Waals surface area contributed by atoms with E-state index in [2.05, 4.69) is 62.8 Å². The molecule has 91 valence electrons. The van der Waals surface area contributed by atoms with E-state index < -0.39 is 8.30 Å². The Balaban J connectivity index is 0.00000144. The minimum Gasteiger partial charge on any atom is -0.334 e. The summed E-state index contributed by atoms with van der Waals surface area (Å²) >= 11 is 0. The van der Waals surface area contributed by atoms with Gasteiger partial charge in [-0.15, -0.1) is 0 Å². The van der Waals surface area contributed by atoms with Crippen molar-refractivity contribution in [2.75, 3.05) is 7.05 Å². The summed E-state index contributed by atoms with van der Waals surface area (Å²) in [5, 5.41) is 0. The summed E-state index contributed by atoms with van der Waals surface area (Å²) in [6, 6.07) is 11.0. The number of hydrogen-bond donors (Lipinski definition) is 0. The molecule has 0 bridgehead atoms. The smallest absolute Gasteiger partial charge is 0.108 e. The molecule has 0 amide bonds. The van der Waals surface area contributed by atoms with Crippen LogP contribution >= 0.6 is 8.30 Å². The highest BCUT2D eigenvalue weighted by Crippen LogP contribution is 2.57. The molecule has 0 N–H and O–H groups in total. The summed E-state index contributed by atoms with van der Waals surface area (Å²) in [5.74, 6) is 0. The Morgan fingerprint density at radius 3 is 2.29 bits per heavy atom. The van der Waals surface area contributed by atoms with Crippen LogP contribution in [-0.4, -0.2) is 31.8 Å². The summed E-state index contributed by atoms with van der Waals surface area (Å²) in [7, 11) is 1.75. The lowest BCUT2D eigenvalue weighted by Gasteiger charge is -2.22. The van der Waals surface area contributed by atoms with Crippen LogP contribution in [0.1, 0.15) is 32.4 Å². The molecule has 3 radical (unpaired) electrons. The zero-order chi connectivity index (χ0) is 11.7. The Labute approximate surface area is 108 Å². The Hall–Kier alpha value is -0.365. The van der Waals surface area contributed by atoms with Crippen LogP contribution in [0.5, 0.6) is 0 Å². The summed E-state index contributed by atoms with van der Waals surface area (Å²) in [6.07, 6.45) is 0.236. The van der Waals surface area contributed by atoms with Crippen LogP contribution in [0.15, 0.2) is 30.3 Å². The molecule has 1 aromatic carbocycles. The maximum atomic E-state index is 6.22. The van der Waals surface area contributed by atoms with Crippen molar-refractivity contribution in [3.05, 3.63) is 35.9 Å². The van der Waals surface area contributed by atoms with Gasteiger partial charge in [-0.3, -0.25) is 4.67 Å². The van der Waals surface area contributed by atoms with Crippen LogP contribution in [-0.2, 0) is 4.52 Å². The van der Waals surface area contributed by atoms with E-state index in [0.717, 1.165) is 0 Å². The highest BCUT2D eigenvalue weighted by atomic mass is 31.2. The van der Waals surface area contributed by atoms with Gasteiger partial charge in [-0.25, -0.2) is 0 Å². The van der Waals surface area contributed by atoms with Gasteiger partial charge in [-0.05, 0) is 19.5 Å². The van der Waals surface area contributed by atoms with Gasteiger partial charge in [0.15, 0.2) is 0 Å². The van der Waals surface area contributed by atoms with Crippen LogP contribution < -0.4 is 0 Å². The zero-order valence-corrected chi connectivity index (χ0v) is 11.9. The van der Waals surface area contributed by atoms with E-state index in [1.165, 1.54) is 5.56 Å². The third-order valence-electron chi connectivity index (χ3n) is 3.13. The molecule has 2 rings (SSSR count). The molecule has 1 aliphatic rings. The van der Waals surface area contributed by atoms with Gasteiger partial charge >= 0.3 is 0 Å². The number of benzene rings is 1. The van der Waals surface area contributed by atoms with Crippen molar-refractivity contribution >= 4 is 16.7 Å². The van der Waals surface area contributed by atoms with Crippen molar-refractivity contribution in [1.29, 1.82) is 0 Å². The van der Waals surface area contributed by atoms with Crippen molar-refractivity contribution in [2.45, 2.75) is 38.6 Å². The Bertz CT molecular complexity index is 347. The largest absolute Gasteiger partial charge is 0.334 e. The van der Waals surface area contributed by atoms with Gasteiger partial charge in [0, 0.05) is 20.1 Å². The van der Waals surface area contributed by atoms with E-state index in [4.69, 9.17) is 4.52 Å². The van der Waals surface area contributed by atoms with Gasteiger partial charge in [0.25, 0.3) is 0 Å². The molecule has 1 aromatic rings. The topological polar surface area (TPSA) is 12.5 Å². The normalized spacial score (nSPS) is 29.4. The van der Waals surface area contributed by atoms with Crippen LogP contribution in [0.2, 0.25) is 0 Å². The van der Waals surface area contributed by atoms with Crippen molar-refractivity contribution in [1.82, 2.24) is 4.67 Å². The van der Waals surface area contributed by atoms with Gasteiger partial charge in [-0.2, -0.15) is 0 Å². The molecule has 0 unspecified atom stereocenters. The van der Waals surface area contributed by atoms with Crippen molar-refractivity contribution in [2.24, 2.45) is 0 Å². The molecule has 1 saturated heterocycles. The minimum atomic E-state index is -0.434. The summed E-state index contributed by atoms with van der Waals surface area (Å²) in [5.41, 5.74) is 1.89. The van der Waals surface area contributed by atoms with Crippen LogP contribution in [0.25, 0.3) is 0 Å². The molecule has 1 aliphatic heterocycles. The average Bonchev–Trinajstić information content (AvgIpc) is 2.58. The Kier molecular flexibility index (Phi) is 5.18. The molecule has 1 heterocycles. The Morgan fingerprint density at radius 1 is 1.24 bits per heavy atom. The fourth-order valence-electron chi connectivity index (χ4n) is 2.12. The van der Waals surface area contributed by atoms with Crippen LogP contribution in [0.4, 0.5) is 0 Å². The first-order valence-corrected chi connectivity index (χ1v) is 7.13. The lowest BCUT2D eigenvalue weighted by atomic mass is 10.0. The standard InChI is InChI=1S/C13H20NOP.B/c1-10(2)16-14(4)11(3)13(15-16)12-8-6-5-7-9-12;/h5-11,13H,1-4H3;/t11-,13-,16-;/m0./s1. The summed E-state index contributed by atoms with van der Waals surface area (Å²) in [6.45, 7) is 6.73. The van der Waals surface area contributed by atoms with Crippen LogP contribution in [0.3, 0.4) is 0 Å². The van der Waals surface area contributed by atoms with Gasteiger partial charge in [0.05, 0.1) is 0 Å². The minimum absolute atomic E-state index is 0. The summed E-state index contributed by atoms with van der Waals surface area (Å²) in [4.78, 5) is 0. The second-order valence-corrected chi connectivity index (χ2v) is 7.13. The molecular weight excluding hydrogens is 228 g/mol. The molecule has 4 heteroatoms. The molecule has 17 heavy (non-hydrogen) atoms. The molecule has 2 nitrogen and oxygen atoms in total. The van der Waals surface area contributed by atoms with Gasteiger partial charge in [0.1, 0.15) is 14.4 Å². The third-order valence-corrected chi connectivity index (χ3v) is 5.44. The fraction of sp³-hybridized carbons (Fsp3) is 0.538. The molecule has 1 fully saturated rings. The Morgan fingerprint density at radius 2 is 1.82 bits per heavy atom. The number of rotatable bonds is 2. The first kappa shape index (κ1) is 14.7. The van der Waals surface area contributed by atoms with E-state index in [1.807, 2.05) is 0 Å². The van der Waals surface area contributed by atoms with Crippen molar-refractivity contribution in [3.63, 3.8) is 0 Å². The number of nitrogens with zero attached hydrogens (tertiary/aromatic N) is 1. The third kappa shape index (κ3) is 2.90. The molecule has 0 spiro atoms. The lowest BCUT2D eigenvalue weighted by Crippen LogP contribution is -2.23. The quantitative estimate of drug-likeness (QED) is 0.587. The second-order valence-electron chi connectivity index (χ2n) is 4.65. The molecule has 0 saturated carbocycles. The number of likely N-dealkylation sites (N-methyl/N-ethyl adjacent to an activating group) is 1. The SMILES string of the molecule is CC(C)[P@]1O[C@H](c2ccccc2)[C@H](C)N1C.[B]. The summed E-state index contributed by atoms with van der Waals surface area (Å²) < 4.78 is 8.62. The van der Waals surface area contributed by atoms with Crippen molar-refractivity contribution in [3.8, 4) is 0 Å². The predicted molar refractivity (Wildman–Crippen MR) is 75.3 cm³/mol. The van der Waals surface area contributed by atoms with E-state index >= 15 is 0 Å². The monoisotopic (exact) mass is 248 g/mol. The maximum Gasteiger partial charge on any atom is 0.108 e. The molecule has 0 aromatic heterocycles. The van der Waals surface area contributed by atoms with Gasteiger partial charge in [-0.1, -0.05) is 44.2 Å². The first-order chi connectivity index (χ1) is 7.61.